The first kappa shape index (κ1) is 24.9. The molecule has 0 atom stereocenters. The van der Waals surface area contributed by atoms with Crippen LogP contribution in [0.4, 0.5) is 0 Å². The monoisotopic (exact) mass is 478 g/mol. The summed E-state index contributed by atoms with van der Waals surface area (Å²) in [4.78, 5) is 32.2. The second-order valence-electron chi connectivity index (χ2n) is 8.27. The Morgan fingerprint density at radius 1 is 1.09 bits per heavy atom. The third-order valence-electron chi connectivity index (χ3n) is 5.77. The van der Waals surface area contributed by atoms with E-state index in [2.05, 4.69) is 5.16 Å². The van der Waals surface area contributed by atoms with E-state index in [0.717, 1.165) is 57.7 Å². The number of amides is 1. The number of carbonyl (C=O) groups excluding carboxylic acids is 2. The molecule has 0 aromatic heterocycles. The molecule has 33 heavy (non-hydrogen) atoms. The van der Waals surface area contributed by atoms with E-state index >= 15 is 0 Å². The van der Waals surface area contributed by atoms with Crippen LogP contribution in [0.5, 0.6) is 11.5 Å². The Bertz CT molecular complexity index is 909. The van der Waals surface area contributed by atoms with Gasteiger partial charge in [-0.2, -0.15) is 0 Å². The number of ether oxygens (including phenoxy) is 1. The van der Waals surface area contributed by atoms with Gasteiger partial charge < -0.3 is 24.7 Å². The lowest BCUT2D eigenvalue weighted by Crippen LogP contribution is -2.37. The van der Waals surface area contributed by atoms with Crippen LogP contribution in [0.25, 0.3) is 0 Å². The van der Waals surface area contributed by atoms with Crippen molar-refractivity contribution < 1.29 is 29.4 Å². The van der Waals surface area contributed by atoms with Crippen molar-refractivity contribution in [2.24, 2.45) is 5.16 Å². The van der Waals surface area contributed by atoms with E-state index in [1.807, 2.05) is 12.2 Å². The Hall–Kier alpha value is -2.74. The molecule has 1 aromatic carbocycles. The molecule has 8 nitrogen and oxygen atoms in total. The summed E-state index contributed by atoms with van der Waals surface area (Å²) in [6, 6.07) is 1.02. The smallest absolute Gasteiger partial charge is 0.342 e. The number of halogens is 1. The molecular formula is C24H31ClN2O6. The summed E-state index contributed by atoms with van der Waals surface area (Å²) in [6.45, 7) is 1.46. The molecule has 0 aliphatic carbocycles. The number of likely N-dealkylation sites (tertiary alicyclic amines) is 1. The van der Waals surface area contributed by atoms with Crippen molar-refractivity contribution in [3.63, 3.8) is 0 Å². The number of phenols is 2. The molecule has 0 radical (unpaired) electrons. The van der Waals surface area contributed by atoms with Gasteiger partial charge in [-0.15, -0.1) is 0 Å². The van der Waals surface area contributed by atoms with Gasteiger partial charge in [-0.05, 0) is 56.9 Å². The van der Waals surface area contributed by atoms with Gasteiger partial charge in [-0.3, -0.25) is 4.79 Å². The fourth-order valence-corrected chi connectivity index (χ4v) is 4.20. The average Bonchev–Trinajstić information content (AvgIpc) is 2.80. The fourth-order valence-electron chi connectivity index (χ4n) is 3.98. The SMILES string of the molecule is O=C1OCCC=CCCCCC(=NOCC(=O)N2CCCCC2)Cc2c(Cl)c(O)cc(O)c21. The molecule has 1 aromatic rings. The standard InChI is InChI=1S/C24H31ClN2O6/c25-23-18-14-17(26-33-16-21(30)27-11-7-5-8-12-27)10-6-3-1-2-4-9-13-32-24(31)22(18)19(28)15-20(23)29/h2,4,15,28-29H,1,3,5-14,16H2. The molecule has 180 valence electrons. The molecule has 0 unspecified atom stereocenters. The quantitative estimate of drug-likeness (QED) is 0.379. The average molecular weight is 479 g/mol. The van der Waals surface area contributed by atoms with Crippen molar-refractivity contribution in [3.05, 3.63) is 34.4 Å². The van der Waals surface area contributed by atoms with Crippen molar-refractivity contribution in [2.45, 2.75) is 57.8 Å². The van der Waals surface area contributed by atoms with Crippen molar-refractivity contribution in [1.29, 1.82) is 0 Å². The van der Waals surface area contributed by atoms with Gasteiger partial charge in [0.15, 0.2) is 6.61 Å². The maximum atomic E-state index is 12.7. The number of phenolic OH excluding ortho intramolecular Hbond substituents is 2. The lowest BCUT2D eigenvalue weighted by Gasteiger charge is -2.26. The van der Waals surface area contributed by atoms with Crippen molar-refractivity contribution in [2.75, 3.05) is 26.3 Å². The number of cyclic esters (lactones) is 1. The van der Waals surface area contributed by atoms with Crippen LogP contribution in [0, 0.1) is 0 Å². The molecule has 1 amide bonds. The number of oxime groups is 1. The second kappa shape index (κ2) is 12.5. The number of esters is 1. The van der Waals surface area contributed by atoms with Crippen LogP contribution in [-0.4, -0.2) is 59.0 Å². The van der Waals surface area contributed by atoms with Gasteiger partial charge in [0.2, 0.25) is 0 Å². The van der Waals surface area contributed by atoms with Crippen LogP contribution in [0.1, 0.15) is 67.3 Å². The van der Waals surface area contributed by atoms with Crippen LogP contribution in [0.3, 0.4) is 0 Å². The topological polar surface area (TPSA) is 109 Å². The van der Waals surface area contributed by atoms with Gasteiger partial charge in [-0.1, -0.05) is 28.9 Å². The van der Waals surface area contributed by atoms with E-state index in [4.69, 9.17) is 21.2 Å². The van der Waals surface area contributed by atoms with Crippen LogP contribution in [0.2, 0.25) is 5.02 Å². The molecule has 0 spiro atoms. The molecule has 2 heterocycles. The van der Waals surface area contributed by atoms with Gasteiger partial charge in [0.1, 0.15) is 17.1 Å². The van der Waals surface area contributed by atoms with E-state index in [-0.39, 0.29) is 47.4 Å². The summed E-state index contributed by atoms with van der Waals surface area (Å²) in [7, 11) is 0. The van der Waals surface area contributed by atoms with Crippen molar-refractivity contribution in [1.82, 2.24) is 4.90 Å². The molecule has 3 rings (SSSR count). The van der Waals surface area contributed by atoms with Gasteiger partial charge in [0, 0.05) is 25.6 Å². The normalized spacial score (nSPS) is 19.5. The first-order chi connectivity index (χ1) is 16.0. The zero-order valence-corrected chi connectivity index (χ0v) is 19.5. The number of hydrogen-bond donors (Lipinski definition) is 2. The number of benzene rings is 1. The van der Waals surface area contributed by atoms with E-state index in [1.54, 1.807) is 4.90 Å². The summed E-state index contributed by atoms with van der Waals surface area (Å²) in [5, 5.41) is 24.6. The predicted octanol–water partition coefficient (Wildman–Crippen LogP) is 4.36. The van der Waals surface area contributed by atoms with Crippen molar-refractivity contribution >= 4 is 29.2 Å². The van der Waals surface area contributed by atoms with E-state index < -0.39 is 11.7 Å². The maximum Gasteiger partial charge on any atom is 0.342 e. The molecule has 0 bridgehead atoms. The highest BCUT2D eigenvalue weighted by atomic mass is 35.5. The Balaban J connectivity index is 1.82. The number of fused-ring (bicyclic) bond motifs is 1. The first-order valence-corrected chi connectivity index (χ1v) is 11.9. The Morgan fingerprint density at radius 2 is 1.85 bits per heavy atom. The lowest BCUT2D eigenvalue weighted by atomic mass is 9.97. The molecule has 2 aliphatic rings. The van der Waals surface area contributed by atoms with Crippen LogP contribution in [-0.2, 0) is 20.8 Å². The van der Waals surface area contributed by atoms with Gasteiger partial charge in [0.25, 0.3) is 5.91 Å². The van der Waals surface area contributed by atoms with Crippen LogP contribution < -0.4 is 0 Å². The van der Waals surface area contributed by atoms with E-state index in [0.29, 0.717) is 18.6 Å². The fraction of sp³-hybridized carbons (Fsp3) is 0.542. The molecule has 2 N–H and O–H groups in total. The number of allylic oxidation sites excluding steroid dienone is 1. The van der Waals surface area contributed by atoms with E-state index in [1.165, 1.54) is 0 Å². The summed E-state index contributed by atoms with van der Waals surface area (Å²) in [5.74, 6) is -1.59. The number of rotatable bonds is 3. The molecular weight excluding hydrogens is 448 g/mol. The zero-order valence-electron chi connectivity index (χ0n) is 18.7. The van der Waals surface area contributed by atoms with E-state index in [9.17, 15) is 19.8 Å². The zero-order chi connectivity index (χ0) is 23.6. The van der Waals surface area contributed by atoms with Gasteiger partial charge >= 0.3 is 5.97 Å². The Morgan fingerprint density at radius 3 is 2.64 bits per heavy atom. The minimum Gasteiger partial charge on any atom is -0.507 e. The first-order valence-electron chi connectivity index (χ1n) is 11.5. The number of aromatic hydroxyl groups is 2. The Kier molecular flexibility index (Phi) is 9.42. The lowest BCUT2D eigenvalue weighted by molar-refractivity contribution is -0.137. The highest BCUT2D eigenvalue weighted by molar-refractivity contribution is 6.33. The summed E-state index contributed by atoms with van der Waals surface area (Å²) in [6.07, 6.45) is 10.9. The molecule has 1 saturated heterocycles. The van der Waals surface area contributed by atoms with Gasteiger partial charge in [-0.25, -0.2) is 4.79 Å². The number of carbonyl (C=O) groups is 2. The third-order valence-corrected chi connectivity index (χ3v) is 6.19. The minimum atomic E-state index is -0.726. The number of hydrogen-bond acceptors (Lipinski definition) is 7. The number of piperidine rings is 1. The summed E-state index contributed by atoms with van der Waals surface area (Å²) in [5.41, 5.74) is 0.677. The molecule has 1 fully saturated rings. The van der Waals surface area contributed by atoms with Crippen LogP contribution in [0.15, 0.2) is 23.4 Å². The summed E-state index contributed by atoms with van der Waals surface area (Å²) >= 11 is 6.31. The predicted molar refractivity (Wildman–Crippen MR) is 125 cm³/mol. The molecule has 9 heteroatoms. The highest BCUT2D eigenvalue weighted by Crippen LogP contribution is 2.37. The largest absolute Gasteiger partial charge is 0.507 e. The molecule has 0 saturated carbocycles. The van der Waals surface area contributed by atoms with Crippen LogP contribution >= 0.6 is 11.6 Å². The third kappa shape index (κ3) is 7.12. The minimum absolute atomic E-state index is 0.0520. The second-order valence-corrected chi connectivity index (χ2v) is 8.65. The molecule has 2 aliphatic heterocycles. The van der Waals surface area contributed by atoms with Crippen molar-refractivity contribution in [3.8, 4) is 11.5 Å². The maximum absolute atomic E-state index is 12.7. The Labute approximate surface area is 198 Å². The summed E-state index contributed by atoms with van der Waals surface area (Å²) < 4.78 is 5.29. The number of nitrogens with zero attached hydrogens (tertiary/aromatic N) is 2. The van der Waals surface area contributed by atoms with Gasteiger partial charge in [0.05, 0.1) is 17.3 Å². The highest BCUT2D eigenvalue weighted by Gasteiger charge is 2.25.